The van der Waals surface area contributed by atoms with Gasteiger partial charge in [0.2, 0.25) is 0 Å². The van der Waals surface area contributed by atoms with E-state index < -0.39 is 0 Å². The average molecular weight is 289 g/mol. The molecule has 0 bridgehead atoms. The lowest BCUT2D eigenvalue weighted by Gasteiger charge is -2.32. The minimum Gasteiger partial charge on any atom is -0.496 e. The highest BCUT2D eigenvalue weighted by molar-refractivity contribution is 5.41. The lowest BCUT2D eigenvalue weighted by Crippen LogP contribution is -2.46. The molecule has 0 saturated carbocycles. The van der Waals surface area contributed by atoms with Gasteiger partial charge in [-0.05, 0) is 24.7 Å². The summed E-state index contributed by atoms with van der Waals surface area (Å²) < 4.78 is 11.1. The molecule has 5 nitrogen and oxygen atoms in total. The van der Waals surface area contributed by atoms with Gasteiger partial charge in [-0.3, -0.25) is 4.90 Å². The average Bonchev–Trinajstić information content (AvgIpc) is 2.55. The van der Waals surface area contributed by atoms with E-state index in [4.69, 9.17) is 14.7 Å². The number of hydrogen-bond donors (Lipinski definition) is 1. The second-order valence-electron chi connectivity index (χ2n) is 5.16. The van der Waals surface area contributed by atoms with E-state index in [0.717, 1.165) is 44.1 Å². The highest BCUT2D eigenvalue weighted by atomic mass is 16.5. The summed E-state index contributed by atoms with van der Waals surface area (Å²) in [5.41, 5.74) is 1.65. The van der Waals surface area contributed by atoms with Gasteiger partial charge in [-0.25, -0.2) is 0 Å². The molecule has 1 atom stereocenters. The van der Waals surface area contributed by atoms with Gasteiger partial charge < -0.3 is 14.8 Å². The molecular formula is C16H23N3O2. The third-order valence-corrected chi connectivity index (χ3v) is 3.77. The molecule has 1 aromatic carbocycles. The third kappa shape index (κ3) is 4.43. The predicted molar refractivity (Wildman–Crippen MR) is 81.3 cm³/mol. The molecule has 0 amide bonds. The number of nitrogens with one attached hydrogen (secondary N) is 1. The van der Waals surface area contributed by atoms with Crippen LogP contribution in [0.25, 0.3) is 0 Å². The Bertz CT molecular complexity index is 499. The van der Waals surface area contributed by atoms with Crippen molar-refractivity contribution in [3.63, 3.8) is 0 Å². The number of likely N-dealkylation sites (N-methyl/N-ethyl adjacent to an activating group) is 1. The van der Waals surface area contributed by atoms with Gasteiger partial charge in [0, 0.05) is 31.7 Å². The fourth-order valence-electron chi connectivity index (χ4n) is 2.55. The maximum absolute atomic E-state index is 8.97. The van der Waals surface area contributed by atoms with Crippen LogP contribution in [0.3, 0.4) is 0 Å². The van der Waals surface area contributed by atoms with Crippen LogP contribution in [-0.2, 0) is 11.3 Å². The smallest absolute Gasteiger partial charge is 0.123 e. The Morgan fingerprint density at radius 2 is 2.38 bits per heavy atom. The maximum atomic E-state index is 8.97. The summed E-state index contributed by atoms with van der Waals surface area (Å²) in [5, 5.41) is 12.4. The maximum Gasteiger partial charge on any atom is 0.123 e. The predicted octanol–water partition coefficient (Wildman–Crippen LogP) is 1.38. The van der Waals surface area contributed by atoms with E-state index in [2.05, 4.69) is 23.2 Å². The SMILES string of the molecule is CCN1CCOC(CNCc2cc(C#N)ccc2OC)C1. The molecule has 1 aliphatic rings. The first-order chi connectivity index (χ1) is 10.3. The molecule has 114 valence electrons. The lowest BCUT2D eigenvalue weighted by atomic mass is 10.1. The molecule has 2 rings (SSSR count). The molecule has 0 spiro atoms. The number of nitrogens with zero attached hydrogens (tertiary/aromatic N) is 2. The van der Waals surface area contributed by atoms with Crippen LogP contribution in [-0.4, -0.2) is 50.9 Å². The molecule has 1 aromatic rings. The molecule has 1 unspecified atom stereocenters. The summed E-state index contributed by atoms with van der Waals surface area (Å²) in [5.74, 6) is 0.807. The Morgan fingerprint density at radius 3 is 3.10 bits per heavy atom. The van der Waals surface area contributed by atoms with Crippen molar-refractivity contribution in [3.05, 3.63) is 29.3 Å². The standard InChI is InChI=1S/C16H23N3O2/c1-3-19-6-7-21-15(12-19)11-18-10-14-8-13(9-17)4-5-16(14)20-2/h4-5,8,15,18H,3,6-7,10-12H2,1-2H3. The molecule has 5 heteroatoms. The van der Waals surface area contributed by atoms with Crippen LogP contribution in [0.2, 0.25) is 0 Å². The molecular weight excluding hydrogens is 266 g/mol. The molecule has 0 aliphatic carbocycles. The van der Waals surface area contributed by atoms with Gasteiger partial charge in [0.05, 0.1) is 31.5 Å². The molecule has 1 aliphatic heterocycles. The van der Waals surface area contributed by atoms with Crippen molar-refractivity contribution in [1.82, 2.24) is 10.2 Å². The quantitative estimate of drug-likeness (QED) is 0.857. The van der Waals surface area contributed by atoms with Crippen molar-refractivity contribution in [3.8, 4) is 11.8 Å². The van der Waals surface area contributed by atoms with Crippen molar-refractivity contribution in [1.29, 1.82) is 5.26 Å². The van der Waals surface area contributed by atoms with Gasteiger partial charge in [-0.2, -0.15) is 5.26 Å². The Labute approximate surface area is 126 Å². The molecule has 0 aromatic heterocycles. The first-order valence-corrected chi connectivity index (χ1v) is 7.38. The number of methoxy groups -OCH3 is 1. The van der Waals surface area contributed by atoms with Crippen LogP contribution < -0.4 is 10.1 Å². The minimum atomic E-state index is 0.226. The van der Waals surface area contributed by atoms with Gasteiger partial charge in [0.25, 0.3) is 0 Å². The van der Waals surface area contributed by atoms with E-state index in [1.54, 1.807) is 13.2 Å². The molecule has 21 heavy (non-hydrogen) atoms. The van der Waals surface area contributed by atoms with Crippen molar-refractivity contribution in [2.24, 2.45) is 0 Å². The van der Waals surface area contributed by atoms with Gasteiger partial charge in [0.1, 0.15) is 5.75 Å². The Hall–Kier alpha value is -1.61. The second kappa shape index (κ2) is 7.99. The normalized spacial score (nSPS) is 19.2. The summed E-state index contributed by atoms with van der Waals surface area (Å²) >= 11 is 0. The zero-order valence-electron chi connectivity index (χ0n) is 12.8. The van der Waals surface area contributed by atoms with Crippen molar-refractivity contribution in [2.45, 2.75) is 19.6 Å². The minimum absolute atomic E-state index is 0.226. The monoisotopic (exact) mass is 289 g/mol. The van der Waals surface area contributed by atoms with Crippen LogP contribution >= 0.6 is 0 Å². The first-order valence-electron chi connectivity index (χ1n) is 7.38. The Kier molecular flexibility index (Phi) is 6.00. The number of morpholine rings is 1. The summed E-state index contributed by atoms with van der Waals surface area (Å²) in [6.07, 6.45) is 0.226. The van der Waals surface area contributed by atoms with Gasteiger partial charge in [-0.1, -0.05) is 6.92 Å². The highest BCUT2D eigenvalue weighted by Gasteiger charge is 2.18. The largest absolute Gasteiger partial charge is 0.496 e. The van der Waals surface area contributed by atoms with E-state index in [0.29, 0.717) is 12.1 Å². The zero-order chi connectivity index (χ0) is 15.1. The van der Waals surface area contributed by atoms with Gasteiger partial charge in [-0.15, -0.1) is 0 Å². The van der Waals surface area contributed by atoms with E-state index in [1.165, 1.54) is 0 Å². The summed E-state index contributed by atoms with van der Waals surface area (Å²) in [4.78, 5) is 2.40. The van der Waals surface area contributed by atoms with Crippen LogP contribution in [0, 0.1) is 11.3 Å². The number of rotatable bonds is 6. The topological polar surface area (TPSA) is 57.5 Å². The van der Waals surface area contributed by atoms with Crippen molar-refractivity contribution >= 4 is 0 Å². The number of benzene rings is 1. The molecule has 0 radical (unpaired) electrons. The summed E-state index contributed by atoms with van der Waals surface area (Å²) in [6.45, 7) is 7.50. The summed E-state index contributed by atoms with van der Waals surface area (Å²) in [6, 6.07) is 7.63. The molecule has 1 N–H and O–H groups in total. The lowest BCUT2D eigenvalue weighted by molar-refractivity contribution is -0.0253. The fourth-order valence-corrected chi connectivity index (χ4v) is 2.55. The third-order valence-electron chi connectivity index (χ3n) is 3.77. The number of hydrogen-bond acceptors (Lipinski definition) is 5. The van der Waals surface area contributed by atoms with Crippen LogP contribution in [0.5, 0.6) is 5.75 Å². The molecule has 1 fully saturated rings. The van der Waals surface area contributed by atoms with E-state index in [9.17, 15) is 0 Å². The number of nitriles is 1. The van der Waals surface area contributed by atoms with Gasteiger partial charge >= 0.3 is 0 Å². The highest BCUT2D eigenvalue weighted by Crippen LogP contribution is 2.19. The van der Waals surface area contributed by atoms with Crippen molar-refractivity contribution in [2.75, 3.05) is 39.9 Å². The van der Waals surface area contributed by atoms with Crippen molar-refractivity contribution < 1.29 is 9.47 Å². The number of ether oxygens (including phenoxy) is 2. The van der Waals surface area contributed by atoms with E-state index in [1.807, 2.05) is 12.1 Å². The Balaban J connectivity index is 1.87. The van der Waals surface area contributed by atoms with E-state index in [-0.39, 0.29) is 6.10 Å². The summed E-state index contributed by atoms with van der Waals surface area (Å²) in [7, 11) is 1.65. The van der Waals surface area contributed by atoms with Gasteiger partial charge in [0.15, 0.2) is 0 Å². The van der Waals surface area contributed by atoms with Crippen LogP contribution in [0.4, 0.5) is 0 Å². The van der Waals surface area contributed by atoms with Crippen LogP contribution in [0.15, 0.2) is 18.2 Å². The Morgan fingerprint density at radius 1 is 1.52 bits per heavy atom. The fraction of sp³-hybridized carbons (Fsp3) is 0.562. The second-order valence-corrected chi connectivity index (χ2v) is 5.16. The zero-order valence-corrected chi connectivity index (χ0v) is 12.8. The first kappa shape index (κ1) is 15.8. The van der Waals surface area contributed by atoms with Crippen LogP contribution in [0.1, 0.15) is 18.1 Å². The molecule has 1 heterocycles. The molecule has 1 saturated heterocycles. The van der Waals surface area contributed by atoms with E-state index >= 15 is 0 Å².